The van der Waals surface area contributed by atoms with Crippen molar-refractivity contribution in [1.82, 2.24) is 0 Å². The van der Waals surface area contributed by atoms with E-state index in [4.69, 9.17) is 0 Å². The molecule has 0 aromatic heterocycles. The predicted molar refractivity (Wildman–Crippen MR) is 264 cm³/mol. The third-order valence-corrected chi connectivity index (χ3v) is 14.1. The Labute approximate surface area is 366 Å². The third-order valence-electron chi connectivity index (χ3n) is 14.1. The van der Waals surface area contributed by atoms with Crippen molar-refractivity contribution in [1.29, 1.82) is 0 Å². The molecule has 3 aliphatic rings. The lowest BCUT2D eigenvalue weighted by molar-refractivity contribution is 0.317. The number of rotatable bonds is 8. The second-order valence-corrected chi connectivity index (χ2v) is 17.6. The van der Waals surface area contributed by atoms with Gasteiger partial charge in [0.05, 0.1) is 5.69 Å². The van der Waals surface area contributed by atoms with Gasteiger partial charge in [-0.2, -0.15) is 0 Å². The van der Waals surface area contributed by atoms with Crippen molar-refractivity contribution in [3.8, 4) is 33.4 Å². The highest BCUT2D eigenvalue weighted by molar-refractivity contribution is 6.12. The predicted octanol–water partition coefficient (Wildman–Crippen LogP) is 17.1. The highest BCUT2D eigenvalue weighted by Gasteiger charge is 2.45. The molecular weight excluding hydrogens is 747 g/mol. The lowest BCUT2D eigenvalue weighted by Crippen LogP contribution is -2.36. The Balaban J connectivity index is 1.15. The van der Waals surface area contributed by atoms with Crippen LogP contribution >= 0.6 is 0 Å². The van der Waals surface area contributed by atoms with Gasteiger partial charge in [-0.05, 0) is 104 Å². The fraction of sp³-hybridized carbons (Fsp3) is 0.148. The largest absolute Gasteiger partial charge is 0.310 e. The summed E-state index contributed by atoms with van der Waals surface area (Å²) in [6.07, 6.45) is 20.9. The second-order valence-electron chi connectivity index (χ2n) is 17.6. The van der Waals surface area contributed by atoms with Gasteiger partial charge in [-0.15, -0.1) is 0 Å². The summed E-state index contributed by atoms with van der Waals surface area (Å²) in [6, 6.07) is 67.4. The molecule has 1 fully saturated rings. The SMILES string of the molecule is CC12C(=CC=CC1c1ccccc1N(c1cccc(-c3cccc4c3ccc3ccccc34)c1)c1cc(-c3ccccc3)ccc1-c1ccccc1)C=CC=C2C1CCCCC1. The first kappa shape index (κ1) is 38.0. The highest BCUT2D eigenvalue weighted by atomic mass is 15.1. The summed E-state index contributed by atoms with van der Waals surface area (Å²) < 4.78 is 0. The maximum Gasteiger partial charge on any atom is 0.0546 e. The molecule has 0 heterocycles. The van der Waals surface area contributed by atoms with E-state index in [0.717, 1.165) is 11.4 Å². The molecule has 2 unspecified atom stereocenters. The highest BCUT2D eigenvalue weighted by Crippen LogP contribution is 2.58. The van der Waals surface area contributed by atoms with Gasteiger partial charge in [0.25, 0.3) is 0 Å². The smallest absolute Gasteiger partial charge is 0.0546 e. The molecule has 0 radical (unpaired) electrons. The van der Waals surface area contributed by atoms with Crippen LogP contribution in [0, 0.1) is 11.3 Å². The first-order chi connectivity index (χ1) is 30.6. The summed E-state index contributed by atoms with van der Waals surface area (Å²) in [4.78, 5) is 2.58. The standard InChI is InChI=1S/C61H51N/c1-61-49(27-16-34-57(61)46-24-9-4-10-25-46)28-17-35-58(61)56-31-13-14-36-59(56)62(60-42-47(43-19-5-2-6-20-43)38-39-53(60)44-21-7-3-8-22-44)50-29-15-26-48(41-50)52-32-18-33-54-51-30-12-11-23-45(51)37-40-55(52)54/h2-3,5-8,11-23,26-42,46,58H,4,9-10,24-25H2,1H3. The summed E-state index contributed by atoms with van der Waals surface area (Å²) >= 11 is 0. The van der Waals surface area contributed by atoms with Gasteiger partial charge in [0.1, 0.15) is 0 Å². The lowest BCUT2D eigenvalue weighted by atomic mass is 9.57. The van der Waals surface area contributed by atoms with Crippen LogP contribution in [-0.2, 0) is 0 Å². The number of fused-ring (bicyclic) bond motifs is 4. The van der Waals surface area contributed by atoms with Crippen molar-refractivity contribution in [2.24, 2.45) is 11.3 Å². The molecule has 0 bridgehead atoms. The first-order valence-electron chi connectivity index (χ1n) is 22.6. The monoisotopic (exact) mass is 797 g/mol. The summed E-state index contributed by atoms with van der Waals surface area (Å²) in [7, 11) is 0. The van der Waals surface area contributed by atoms with Crippen molar-refractivity contribution in [3.63, 3.8) is 0 Å². The molecule has 1 heteroatoms. The number of anilines is 3. The minimum absolute atomic E-state index is 0.131. The molecule has 1 nitrogen and oxygen atoms in total. The molecule has 0 aliphatic heterocycles. The van der Waals surface area contributed by atoms with Gasteiger partial charge in [0, 0.05) is 28.3 Å². The van der Waals surface area contributed by atoms with Gasteiger partial charge >= 0.3 is 0 Å². The zero-order chi connectivity index (χ0) is 41.5. The Morgan fingerprint density at radius 2 is 1.21 bits per heavy atom. The molecule has 8 aromatic carbocycles. The molecule has 8 aromatic rings. The van der Waals surface area contributed by atoms with E-state index in [-0.39, 0.29) is 11.3 Å². The van der Waals surface area contributed by atoms with E-state index in [1.165, 1.54) is 104 Å². The van der Waals surface area contributed by atoms with Gasteiger partial charge in [-0.25, -0.2) is 0 Å². The van der Waals surface area contributed by atoms with Crippen molar-refractivity contribution in [2.75, 3.05) is 4.90 Å². The van der Waals surface area contributed by atoms with Crippen LogP contribution in [0.4, 0.5) is 17.1 Å². The van der Waals surface area contributed by atoms with Gasteiger partial charge in [0.2, 0.25) is 0 Å². The van der Waals surface area contributed by atoms with Crippen LogP contribution in [0.25, 0.3) is 54.9 Å². The number of hydrogen-bond acceptors (Lipinski definition) is 1. The summed E-state index contributed by atoms with van der Waals surface area (Å²) in [5, 5.41) is 5.09. The normalized spacial score (nSPS) is 18.6. The molecule has 0 amide bonds. The van der Waals surface area contributed by atoms with E-state index in [0.29, 0.717) is 5.92 Å². The maximum atomic E-state index is 2.58. The fourth-order valence-corrected chi connectivity index (χ4v) is 11.1. The van der Waals surface area contributed by atoms with E-state index < -0.39 is 0 Å². The van der Waals surface area contributed by atoms with Crippen molar-refractivity contribution in [3.05, 3.63) is 235 Å². The Morgan fingerprint density at radius 3 is 2.06 bits per heavy atom. The molecule has 3 aliphatic carbocycles. The molecule has 2 atom stereocenters. The third kappa shape index (κ3) is 6.64. The molecule has 62 heavy (non-hydrogen) atoms. The molecular formula is C61H51N. The summed E-state index contributed by atoms with van der Waals surface area (Å²) in [5.41, 5.74) is 14.9. The van der Waals surface area contributed by atoms with Crippen molar-refractivity contribution in [2.45, 2.75) is 44.9 Å². The number of benzene rings is 8. The molecule has 11 rings (SSSR count). The van der Waals surface area contributed by atoms with Gasteiger partial charge in [-0.3, -0.25) is 0 Å². The Morgan fingerprint density at radius 1 is 0.484 bits per heavy atom. The Bertz CT molecular complexity index is 3070. The first-order valence-corrected chi connectivity index (χ1v) is 22.6. The Kier molecular flexibility index (Phi) is 9.89. The number of hydrogen-bond donors (Lipinski definition) is 0. The van der Waals surface area contributed by atoms with E-state index in [2.05, 4.69) is 230 Å². The van der Waals surface area contributed by atoms with Crippen molar-refractivity contribution >= 4 is 38.6 Å². The molecule has 0 saturated heterocycles. The lowest BCUT2D eigenvalue weighted by Gasteiger charge is -2.47. The van der Waals surface area contributed by atoms with Crippen LogP contribution in [0.3, 0.4) is 0 Å². The van der Waals surface area contributed by atoms with Crippen LogP contribution < -0.4 is 4.90 Å². The average molecular weight is 798 g/mol. The van der Waals surface area contributed by atoms with E-state index >= 15 is 0 Å². The average Bonchev–Trinajstić information content (AvgIpc) is 3.34. The number of allylic oxidation sites excluding steroid dienone is 8. The van der Waals surface area contributed by atoms with E-state index in [9.17, 15) is 0 Å². The van der Waals surface area contributed by atoms with Crippen LogP contribution in [0.15, 0.2) is 230 Å². The van der Waals surface area contributed by atoms with Crippen molar-refractivity contribution < 1.29 is 0 Å². The van der Waals surface area contributed by atoms with Gasteiger partial charge < -0.3 is 4.90 Å². The zero-order valence-corrected chi connectivity index (χ0v) is 35.4. The Hall–Kier alpha value is -6.96. The van der Waals surface area contributed by atoms with E-state index in [1.807, 2.05) is 0 Å². The van der Waals surface area contributed by atoms with Crippen LogP contribution in [0.5, 0.6) is 0 Å². The molecule has 0 spiro atoms. The van der Waals surface area contributed by atoms with Crippen LogP contribution in [0.1, 0.15) is 50.5 Å². The quantitative estimate of drug-likeness (QED) is 0.138. The zero-order valence-electron chi connectivity index (χ0n) is 35.4. The van der Waals surface area contributed by atoms with Crippen LogP contribution in [0.2, 0.25) is 0 Å². The maximum absolute atomic E-state index is 2.58. The number of para-hydroxylation sites is 1. The number of nitrogens with zero attached hydrogens (tertiary/aromatic N) is 1. The minimum atomic E-state index is -0.172. The molecule has 300 valence electrons. The molecule has 0 N–H and O–H groups in total. The van der Waals surface area contributed by atoms with Crippen LogP contribution in [-0.4, -0.2) is 0 Å². The summed E-state index contributed by atoms with van der Waals surface area (Å²) in [6.45, 7) is 2.54. The molecule has 1 saturated carbocycles. The van der Waals surface area contributed by atoms with E-state index in [1.54, 1.807) is 5.57 Å². The fourth-order valence-electron chi connectivity index (χ4n) is 11.1. The minimum Gasteiger partial charge on any atom is -0.310 e. The summed E-state index contributed by atoms with van der Waals surface area (Å²) in [5.74, 6) is 0.729. The van der Waals surface area contributed by atoms with Gasteiger partial charge in [-0.1, -0.05) is 226 Å². The second kappa shape index (κ2) is 16.1. The van der Waals surface area contributed by atoms with Gasteiger partial charge in [0.15, 0.2) is 0 Å². The topological polar surface area (TPSA) is 3.24 Å².